The van der Waals surface area contributed by atoms with Crippen molar-refractivity contribution >= 4 is 38.3 Å². The molecule has 0 unspecified atom stereocenters. The van der Waals surface area contributed by atoms with Gasteiger partial charge in [-0.3, -0.25) is 10.1 Å². The molecule has 0 fully saturated rings. The number of nitro benzene ring substituents is 1. The third-order valence-corrected chi connectivity index (χ3v) is 7.06. The number of aromatic nitrogens is 2. The summed E-state index contributed by atoms with van der Waals surface area (Å²) in [6.45, 7) is 0. The van der Waals surface area contributed by atoms with Crippen molar-refractivity contribution in [3.05, 3.63) is 58.6 Å². The Morgan fingerprint density at radius 2 is 1.92 bits per heavy atom. The number of fused-ring (bicyclic) bond motifs is 3. The first-order chi connectivity index (χ1) is 12.0. The van der Waals surface area contributed by atoms with Crippen molar-refractivity contribution in [3.63, 3.8) is 0 Å². The van der Waals surface area contributed by atoms with E-state index in [1.165, 1.54) is 24.3 Å². The average molecular weight is 375 g/mol. The van der Waals surface area contributed by atoms with E-state index in [0.29, 0.717) is 5.75 Å². The summed E-state index contributed by atoms with van der Waals surface area (Å²) in [5.41, 5.74) is 1.65. The molecule has 4 rings (SSSR count). The number of hydrogen-bond acceptors (Lipinski definition) is 6. The Hall–Kier alpha value is -2.39. The molecule has 2 aromatic carbocycles. The van der Waals surface area contributed by atoms with Crippen molar-refractivity contribution in [1.82, 2.24) is 9.55 Å². The van der Waals surface area contributed by atoms with Gasteiger partial charge in [-0.15, -0.1) is 0 Å². The molecule has 0 radical (unpaired) electrons. The minimum atomic E-state index is -3.56. The molecule has 0 saturated carbocycles. The maximum atomic E-state index is 12.7. The summed E-state index contributed by atoms with van der Waals surface area (Å²) in [4.78, 5) is 14.8. The predicted octanol–water partition coefficient (Wildman–Crippen LogP) is 3.07. The van der Waals surface area contributed by atoms with Crippen LogP contribution in [0.15, 0.2) is 58.6 Å². The summed E-state index contributed by atoms with van der Waals surface area (Å²) in [5, 5.41) is 11.5. The van der Waals surface area contributed by atoms with Crippen LogP contribution in [-0.2, 0) is 9.84 Å². The standard InChI is InChI=1S/C16H13N3O4S2/c20-19(21)11-5-7-13(8-6-11)25(22,23)10-12-9-24-16-17-14-3-1-2-4-15(14)18(12)16/h1-8,12H,9-10H2/t12-/m1/s1. The highest BCUT2D eigenvalue weighted by atomic mass is 32.2. The highest BCUT2D eigenvalue weighted by Crippen LogP contribution is 2.38. The lowest BCUT2D eigenvalue weighted by Crippen LogP contribution is -2.19. The van der Waals surface area contributed by atoms with Gasteiger partial charge in [-0.2, -0.15) is 0 Å². The molecule has 0 bridgehead atoms. The highest BCUT2D eigenvalue weighted by molar-refractivity contribution is 7.99. The van der Waals surface area contributed by atoms with E-state index < -0.39 is 14.8 Å². The lowest BCUT2D eigenvalue weighted by Gasteiger charge is -2.14. The summed E-state index contributed by atoms with van der Waals surface area (Å²) >= 11 is 1.54. The second-order valence-corrected chi connectivity index (χ2v) is 8.77. The fourth-order valence-electron chi connectivity index (χ4n) is 2.97. The first-order valence-corrected chi connectivity index (χ1v) is 10.2. The number of rotatable bonds is 4. The zero-order valence-electron chi connectivity index (χ0n) is 12.9. The maximum Gasteiger partial charge on any atom is 0.269 e. The van der Waals surface area contributed by atoms with Crippen molar-refractivity contribution in [2.24, 2.45) is 0 Å². The van der Waals surface area contributed by atoms with Crippen LogP contribution < -0.4 is 0 Å². The van der Waals surface area contributed by atoms with E-state index in [2.05, 4.69) is 4.98 Å². The van der Waals surface area contributed by atoms with E-state index in [0.717, 1.165) is 16.2 Å². The molecular weight excluding hydrogens is 362 g/mol. The molecule has 25 heavy (non-hydrogen) atoms. The molecule has 1 aromatic heterocycles. The SMILES string of the molecule is O=[N+]([O-])c1ccc(S(=O)(=O)C[C@H]2CSc3nc4ccccc4n32)cc1. The number of sulfone groups is 1. The number of benzene rings is 2. The smallest absolute Gasteiger partial charge is 0.269 e. The van der Waals surface area contributed by atoms with Gasteiger partial charge >= 0.3 is 0 Å². The Labute approximate surface area is 147 Å². The number of nitrogens with zero attached hydrogens (tertiary/aromatic N) is 3. The molecule has 1 atom stereocenters. The van der Waals surface area contributed by atoms with Crippen LogP contribution in [0.25, 0.3) is 11.0 Å². The van der Waals surface area contributed by atoms with Crippen LogP contribution in [0.4, 0.5) is 5.69 Å². The predicted molar refractivity (Wildman–Crippen MR) is 94.6 cm³/mol. The van der Waals surface area contributed by atoms with Gasteiger partial charge in [-0.05, 0) is 24.3 Å². The van der Waals surface area contributed by atoms with E-state index in [1.807, 2.05) is 28.8 Å². The first-order valence-electron chi connectivity index (χ1n) is 7.53. The van der Waals surface area contributed by atoms with Gasteiger partial charge in [0.05, 0.1) is 32.6 Å². The van der Waals surface area contributed by atoms with Crippen molar-refractivity contribution in [2.45, 2.75) is 16.1 Å². The van der Waals surface area contributed by atoms with Crippen LogP contribution in [0.1, 0.15) is 6.04 Å². The summed E-state index contributed by atoms with van der Waals surface area (Å²) < 4.78 is 27.4. The number of nitro groups is 1. The average Bonchev–Trinajstić information content (AvgIpc) is 3.14. The first kappa shape index (κ1) is 16.1. The van der Waals surface area contributed by atoms with Crippen molar-refractivity contribution < 1.29 is 13.3 Å². The van der Waals surface area contributed by atoms with E-state index in [-0.39, 0.29) is 22.4 Å². The minimum absolute atomic E-state index is 0.0643. The quantitative estimate of drug-likeness (QED) is 0.514. The molecule has 7 nitrogen and oxygen atoms in total. The third-order valence-electron chi connectivity index (χ3n) is 4.15. The molecule has 0 aliphatic carbocycles. The topological polar surface area (TPSA) is 95.1 Å². The van der Waals surface area contributed by atoms with Crippen LogP contribution in [0.2, 0.25) is 0 Å². The van der Waals surface area contributed by atoms with Gasteiger partial charge < -0.3 is 4.57 Å². The maximum absolute atomic E-state index is 12.7. The fraction of sp³-hybridized carbons (Fsp3) is 0.188. The highest BCUT2D eigenvalue weighted by Gasteiger charge is 2.31. The normalized spacial score (nSPS) is 16.9. The molecule has 128 valence electrons. The number of hydrogen-bond donors (Lipinski definition) is 0. The monoisotopic (exact) mass is 375 g/mol. The Morgan fingerprint density at radius 1 is 1.20 bits per heavy atom. The van der Waals surface area contributed by atoms with Gasteiger partial charge in [0.1, 0.15) is 0 Å². The van der Waals surface area contributed by atoms with Crippen molar-refractivity contribution in [1.29, 1.82) is 0 Å². The molecule has 1 aliphatic rings. The lowest BCUT2D eigenvalue weighted by molar-refractivity contribution is -0.384. The lowest BCUT2D eigenvalue weighted by atomic mass is 10.3. The largest absolute Gasteiger partial charge is 0.314 e. The molecule has 9 heteroatoms. The second-order valence-electron chi connectivity index (χ2n) is 5.75. The zero-order chi connectivity index (χ0) is 17.6. The second kappa shape index (κ2) is 5.85. The number of thioether (sulfide) groups is 1. The van der Waals surface area contributed by atoms with Gasteiger partial charge in [0.2, 0.25) is 0 Å². The van der Waals surface area contributed by atoms with E-state index in [1.54, 1.807) is 11.8 Å². The molecule has 3 aromatic rings. The van der Waals surface area contributed by atoms with Gasteiger partial charge in [0.15, 0.2) is 15.0 Å². The van der Waals surface area contributed by atoms with E-state index in [9.17, 15) is 18.5 Å². The number of imidazole rings is 1. The molecule has 0 saturated heterocycles. The third kappa shape index (κ3) is 2.79. The molecule has 0 amide bonds. The summed E-state index contributed by atoms with van der Waals surface area (Å²) in [7, 11) is -3.56. The van der Waals surface area contributed by atoms with Gasteiger partial charge in [-0.25, -0.2) is 13.4 Å². The number of para-hydroxylation sites is 2. The molecule has 1 aliphatic heterocycles. The van der Waals surface area contributed by atoms with Crippen LogP contribution in [-0.4, -0.2) is 34.4 Å². The Morgan fingerprint density at radius 3 is 2.64 bits per heavy atom. The van der Waals surface area contributed by atoms with Gasteiger partial charge in [0, 0.05) is 17.9 Å². The summed E-state index contributed by atoms with van der Waals surface area (Å²) in [5.74, 6) is 0.574. The summed E-state index contributed by atoms with van der Waals surface area (Å²) in [6, 6.07) is 12.5. The van der Waals surface area contributed by atoms with E-state index in [4.69, 9.17) is 0 Å². The van der Waals surface area contributed by atoms with Crippen LogP contribution in [0, 0.1) is 10.1 Å². The molecular formula is C16H13N3O4S2. The van der Waals surface area contributed by atoms with Crippen molar-refractivity contribution in [2.75, 3.05) is 11.5 Å². The molecule has 2 heterocycles. The van der Waals surface area contributed by atoms with Crippen LogP contribution in [0.5, 0.6) is 0 Å². The minimum Gasteiger partial charge on any atom is -0.314 e. The Balaban J connectivity index is 1.66. The van der Waals surface area contributed by atoms with Gasteiger partial charge in [0.25, 0.3) is 5.69 Å². The zero-order valence-corrected chi connectivity index (χ0v) is 14.5. The Kier molecular flexibility index (Phi) is 3.77. The Bertz CT molecular complexity index is 1070. The number of non-ortho nitro benzene ring substituents is 1. The van der Waals surface area contributed by atoms with Crippen LogP contribution in [0.3, 0.4) is 0 Å². The molecule has 0 spiro atoms. The van der Waals surface area contributed by atoms with Crippen LogP contribution >= 0.6 is 11.8 Å². The summed E-state index contributed by atoms with van der Waals surface area (Å²) in [6.07, 6.45) is 0. The molecule has 0 N–H and O–H groups in total. The van der Waals surface area contributed by atoms with E-state index >= 15 is 0 Å². The van der Waals surface area contributed by atoms with Crippen molar-refractivity contribution in [3.8, 4) is 0 Å². The van der Waals surface area contributed by atoms with Gasteiger partial charge in [-0.1, -0.05) is 23.9 Å². The fourth-order valence-corrected chi connectivity index (χ4v) is 5.79.